The number of nitrogens with one attached hydrogen (secondary N) is 2. The monoisotopic (exact) mass is 766 g/mol. The van der Waals surface area contributed by atoms with Crippen molar-refractivity contribution >= 4 is 117 Å². The molecule has 0 atom stereocenters. The summed E-state index contributed by atoms with van der Waals surface area (Å²) < 4.78 is 7.71. The highest BCUT2D eigenvalue weighted by molar-refractivity contribution is 9.10. The Hall–Kier alpha value is -4.66. The van der Waals surface area contributed by atoms with Crippen LogP contribution in [0.1, 0.15) is 35.3 Å². The predicted octanol–water partition coefficient (Wildman–Crippen LogP) is 9.33. The molecule has 0 bridgehead atoms. The van der Waals surface area contributed by atoms with Crippen molar-refractivity contribution in [2.24, 2.45) is 5.10 Å². The number of thiophene rings is 2. The van der Waals surface area contributed by atoms with Crippen LogP contribution in [0, 0.1) is 10.1 Å². The van der Waals surface area contributed by atoms with E-state index in [2.05, 4.69) is 31.8 Å². The maximum absolute atomic E-state index is 13.0. The molecular weight excluding hydrogens is 751 g/mol. The van der Waals surface area contributed by atoms with Crippen LogP contribution in [0.2, 0.25) is 10.0 Å². The molecular formula is C32H17BrCl2N4O6S2. The smallest absolute Gasteiger partial charge is 0.355 e. The van der Waals surface area contributed by atoms with Crippen LogP contribution in [0.5, 0.6) is 5.75 Å². The van der Waals surface area contributed by atoms with Gasteiger partial charge in [-0.15, -0.1) is 22.7 Å². The van der Waals surface area contributed by atoms with Crippen LogP contribution < -0.4 is 15.5 Å². The molecule has 2 heterocycles. The Morgan fingerprint density at radius 3 is 2.30 bits per heavy atom. The molecule has 0 aliphatic heterocycles. The molecule has 0 saturated carbocycles. The molecule has 0 unspecified atom stereocenters. The van der Waals surface area contributed by atoms with Crippen LogP contribution in [0.15, 0.2) is 94.5 Å². The Labute approximate surface area is 291 Å². The van der Waals surface area contributed by atoms with Crippen molar-refractivity contribution in [1.82, 2.24) is 5.43 Å². The van der Waals surface area contributed by atoms with Gasteiger partial charge in [0.2, 0.25) is 0 Å². The predicted molar refractivity (Wildman–Crippen MR) is 189 cm³/mol. The highest BCUT2D eigenvalue weighted by Crippen LogP contribution is 2.38. The Kier molecular flexibility index (Phi) is 9.34. The average molecular weight is 768 g/mol. The summed E-state index contributed by atoms with van der Waals surface area (Å²) in [5, 5.41) is 19.6. The largest absolute Gasteiger partial charge is 0.422 e. The summed E-state index contributed by atoms with van der Waals surface area (Å²) >= 11 is 18.5. The number of nitro groups is 1. The maximum Gasteiger partial charge on any atom is 0.355 e. The van der Waals surface area contributed by atoms with Crippen molar-refractivity contribution < 1.29 is 24.0 Å². The normalized spacial score (nSPS) is 11.2. The van der Waals surface area contributed by atoms with Gasteiger partial charge >= 0.3 is 5.97 Å². The summed E-state index contributed by atoms with van der Waals surface area (Å²) in [7, 11) is 0. The molecule has 6 aromatic rings. The Bertz CT molecular complexity index is 2270. The maximum atomic E-state index is 13.0. The quantitative estimate of drug-likeness (QED) is 0.0520. The fourth-order valence-corrected chi connectivity index (χ4v) is 7.64. The average Bonchev–Trinajstić information content (AvgIpc) is 3.58. The molecule has 15 heteroatoms. The molecule has 2 aromatic heterocycles. The van der Waals surface area contributed by atoms with E-state index in [1.807, 2.05) is 24.3 Å². The fraction of sp³-hybridized carbons (Fsp3) is 0. The fourth-order valence-electron chi connectivity index (χ4n) is 4.44. The highest BCUT2D eigenvalue weighted by Gasteiger charge is 2.21. The molecule has 0 fully saturated rings. The van der Waals surface area contributed by atoms with Gasteiger partial charge in [0.05, 0.1) is 21.2 Å². The summed E-state index contributed by atoms with van der Waals surface area (Å²) in [6.07, 6.45) is 1.34. The van der Waals surface area contributed by atoms with Crippen LogP contribution in [0.3, 0.4) is 0 Å². The van der Waals surface area contributed by atoms with Crippen LogP contribution >= 0.6 is 61.8 Å². The summed E-state index contributed by atoms with van der Waals surface area (Å²) in [5.74, 6) is -1.44. The van der Waals surface area contributed by atoms with Crippen molar-refractivity contribution in [3.8, 4) is 5.75 Å². The van der Waals surface area contributed by atoms with Crippen LogP contribution in [-0.2, 0) is 0 Å². The number of nitrogens with zero attached hydrogens (tertiary/aromatic N) is 2. The molecule has 6 rings (SSSR count). The van der Waals surface area contributed by atoms with E-state index in [4.69, 9.17) is 27.9 Å². The topological polar surface area (TPSA) is 140 Å². The van der Waals surface area contributed by atoms with E-state index in [0.29, 0.717) is 30.8 Å². The number of esters is 1. The van der Waals surface area contributed by atoms with Crippen molar-refractivity contribution in [2.75, 3.05) is 5.32 Å². The molecule has 0 spiro atoms. The van der Waals surface area contributed by atoms with Crippen molar-refractivity contribution in [1.29, 1.82) is 0 Å². The lowest BCUT2D eigenvalue weighted by Gasteiger charge is -2.08. The number of hydrogen-bond acceptors (Lipinski definition) is 9. The zero-order valence-electron chi connectivity index (χ0n) is 23.5. The van der Waals surface area contributed by atoms with E-state index in [9.17, 15) is 24.5 Å². The molecule has 0 aliphatic carbocycles. The minimum absolute atomic E-state index is 0.102. The summed E-state index contributed by atoms with van der Waals surface area (Å²) in [5.41, 5.74) is 3.40. The highest BCUT2D eigenvalue weighted by atomic mass is 79.9. The second kappa shape index (κ2) is 13.6. The first-order valence-electron chi connectivity index (χ1n) is 13.4. The zero-order valence-corrected chi connectivity index (χ0v) is 28.2. The number of rotatable bonds is 8. The lowest BCUT2D eigenvalue weighted by molar-refractivity contribution is -0.384. The molecule has 4 aromatic carbocycles. The first-order valence-corrected chi connectivity index (χ1v) is 16.6. The van der Waals surface area contributed by atoms with Gasteiger partial charge in [-0.3, -0.25) is 19.7 Å². The molecule has 0 saturated heterocycles. The zero-order chi connectivity index (χ0) is 33.2. The second-order valence-corrected chi connectivity index (χ2v) is 13.5. The molecule has 47 heavy (non-hydrogen) atoms. The lowest BCUT2D eigenvalue weighted by Crippen LogP contribution is -2.18. The van der Waals surface area contributed by atoms with Crippen LogP contribution in [0.25, 0.3) is 20.2 Å². The minimum atomic E-state index is -0.622. The number of anilines is 1. The van der Waals surface area contributed by atoms with Gasteiger partial charge in [-0.05, 0) is 54.6 Å². The molecule has 2 N–H and O–H groups in total. The van der Waals surface area contributed by atoms with Crippen molar-refractivity contribution in [3.63, 3.8) is 0 Å². The summed E-state index contributed by atoms with van der Waals surface area (Å²) in [4.78, 5) is 49.7. The van der Waals surface area contributed by atoms with Crippen LogP contribution in [0.4, 0.5) is 11.4 Å². The van der Waals surface area contributed by atoms with Gasteiger partial charge in [-0.25, -0.2) is 10.2 Å². The van der Waals surface area contributed by atoms with Gasteiger partial charge in [0.25, 0.3) is 17.5 Å². The third-order valence-electron chi connectivity index (χ3n) is 6.70. The number of ether oxygens (including phenoxy) is 1. The van der Waals surface area contributed by atoms with E-state index in [0.717, 1.165) is 21.4 Å². The Balaban J connectivity index is 1.10. The number of carbonyl (C=O) groups excluding carboxylic acids is 3. The SMILES string of the molecule is O=C(N/N=C\c1cc(Br)ccc1OC(=O)c1sc2ccccc2c1Cl)c1ccc(NC(=O)c2sc3cc([N+](=O)[O-])ccc3c2Cl)cc1. The number of amides is 2. The molecule has 2 amide bonds. The van der Waals surface area contributed by atoms with E-state index in [-0.39, 0.29) is 31.8 Å². The second-order valence-electron chi connectivity index (χ2n) is 9.73. The number of hydrazone groups is 1. The van der Waals surface area contributed by atoms with Gasteiger partial charge in [-0.1, -0.05) is 57.3 Å². The molecule has 0 radical (unpaired) electrons. The number of halogens is 3. The lowest BCUT2D eigenvalue weighted by atomic mass is 10.2. The van der Waals surface area contributed by atoms with Gasteiger partial charge in [0.1, 0.15) is 15.5 Å². The molecule has 234 valence electrons. The standard InChI is InChI=1S/C32H17BrCl2N4O6S2/c33-18-7-12-23(45-32(42)29-27(35)21-3-1-2-4-24(21)46-29)17(13-18)15-36-38-30(40)16-5-8-19(9-6-16)37-31(41)28-26(34)22-11-10-20(39(43)44)14-25(22)47-28/h1-15H,(H,37,41)(H,38,40)/b36-15-. The molecule has 0 aliphatic rings. The summed E-state index contributed by atoms with van der Waals surface area (Å²) in [6.45, 7) is 0. The first-order chi connectivity index (χ1) is 22.6. The van der Waals surface area contributed by atoms with Gasteiger partial charge in [0.15, 0.2) is 0 Å². The number of benzene rings is 4. The Morgan fingerprint density at radius 1 is 0.851 bits per heavy atom. The van der Waals surface area contributed by atoms with Gasteiger partial charge in [0, 0.05) is 53.6 Å². The minimum Gasteiger partial charge on any atom is -0.422 e. The van der Waals surface area contributed by atoms with E-state index < -0.39 is 22.7 Å². The van der Waals surface area contributed by atoms with E-state index >= 15 is 0 Å². The van der Waals surface area contributed by atoms with Gasteiger partial charge in [-0.2, -0.15) is 5.10 Å². The van der Waals surface area contributed by atoms with Crippen LogP contribution in [-0.4, -0.2) is 28.9 Å². The number of nitro benzene ring substituents is 1. The number of fused-ring (bicyclic) bond motifs is 2. The van der Waals surface area contributed by atoms with Crippen molar-refractivity contribution in [3.05, 3.63) is 130 Å². The number of carbonyl (C=O) groups is 3. The third kappa shape index (κ3) is 6.89. The van der Waals surface area contributed by atoms with Gasteiger partial charge < -0.3 is 10.1 Å². The van der Waals surface area contributed by atoms with Crippen molar-refractivity contribution in [2.45, 2.75) is 0 Å². The Morgan fingerprint density at radius 2 is 1.55 bits per heavy atom. The third-order valence-corrected chi connectivity index (χ3v) is 10.5. The van der Waals surface area contributed by atoms with E-state index in [1.165, 1.54) is 60.0 Å². The summed E-state index contributed by atoms with van der Waals surface area (Å²) in [6, 6.07) is 22.6. The first kappa shape index (κ1) is 32.3. The number of non-ortho nitro benzene ring substituents is 1. The number of hydrogen-bond donors (Lipinski definition) is 2. The molecule has 10 nitrogen and oxygen atoms in total. The van der Waals surface area contributed by atoms with E-state index in [1.54, 1.807) is 18.2 Å².